The second-order valence-corrected chi connectivity index (χ2v) is 5.62. The average Bonchev–Trinajstić information content (AvgIpc) is 3.30. The molecule has 1 unspecified atom stereocenters. The Morgan fingerprint density at radius 1 is 1.32 bits per heavy atom. The van der Waals surface area contributed by atoms with E-state index in [9.17, 15) is 10.1 Å². The maximum atomic E-state index is 10.8. The van der Waals surface area contributed by atoms with Gasteiger partial charge in [0, 0.05) is 24.3 Å². The second kappa shape index (κ2) is 5.90. The Labute approximate surface area is 142 Å². The molecule has 0 bridgehead atoms. The van der Waals surface area contributed by atoms with E-state index in [0.717, 1.165) is 29.3 Å². The SMILES string of the molecule is CCc1nc2n(n1)C(c1ccco1)C=C(c1ccc([N+](=O)[O-])cc1)N2. The van der Waals surface area contributed by atoms with Crippen LogP contribution in [0.25, 0.3) is 5.70 Å². The fourth-order valence-electron chi connectivity index (χ4n) is 2.78. The number of rotatable bonds is 4. The first kappa shape index (κ1) is 15.1. The highest BCUT2D eigenvalue weighted by molar-refractivity contribution is 5.77. The van der Waals surface area contributed by atoms with Crippen molar-refractivity contribution in [1.29, 1.82) is 0 Å². The lowest BCUT2D eigenvalue weighted by molar-refractivity contribution is -0.384. The van der Waals surface area contributed by atoms with E-state index in [1.165, 1.54) is 12.1 Å². The van der Waals surface area contributed by atoms with Crippen LogP contribution in [0.15, 0.2) is 53.2 Å². The molecule has 0 radical (unpaired) electrons. The standard InChI is InChI=1S/C17H15N5O3/c1-2-16-19-17-18-13(11-5-7-12(8-6-11)22(23)24)10-14(21(17)20-16)15-4-3-9-25-15/h3-10,14H,2H2,1H3,(H,18,19,20). The summed E-state index contributed by atoms with van der Waals surface area (Å²) in [6, 6.07) is 9.87. The average molecular weight is 337 g/mol. The molecule has 4 rings (SSSR count). The van der Waals surface area contributed by atoms with Crippen LogP contribution < -0.4 is 5.32 Å². The Kier molecular flexibility index (Phi) is 3.57. The molecule has 3 heterocycles. The summed E-state index contributed by atoms with van der Waals surface area (Å²) in [6.07, 6.45) is 4.31. The minimum absolute atomic E-state index is 0.0548. The fourth-order valence-corrected chi connectivity index (χ4v) is 2.78. The number of hydrogen-bond acceptors (Lipinski definition) is 6. The number of aromatic nitrogens is 3. The first-order valence-corrected chi connectivity index (χ1v) is 7.88. The van der Waals surface area contributed by atoms with Crippen LogP contribution in [-0.4, -0.2) is 19.7 Å². The van der Waals surface area contributed by atoms with Gasteiger partial charge in [-0.3, -0.25) is 10.1 Å². The smallest absolute Gasteiger partial charge is 0.269 e. The highest BCUT2D eigenvalue weighted by atomic mass is 16.6. The summed E-state index contributed by atoms with van der Waals surface area (Å²) in [5.41, 5.74) is 1.69. The monoisotopic (exact) mass is 337 g/mol. The number of hydrogen-bond donors (Lipinski definition) is 1. The summed E-state index contributed by atoms with van der Waals surface area (Å²) in [5, 5.41) is 18.6. The van der Waals surface area contributed by atoms with E-state index in [0.29, 0.717) is 5.95 Å². The third-order valence-corrected chi connectivity index (χ3v) is 4.05. The lowest BCUT2D eigenvalue weighted by atomic mass is 10.1. The number of fused-ring (bicyclic) bond motifs is 1. The molecule has 0 fully saturated rings. The van der Waals surface area contributed by atoms with Crippen LogP contribution in [0.2, 0.25) is 0 Å². The van der Waals surface area contributed by atoms with Crippen molar-refractivity contribution in [2.24, 2.45) is 0 Å². The number of anilines is 1. The number of nitro benzene ring substituents is 1. The van der Waals surface area contributed by atoms with Crippen molar-refractivity contribution in [2.45, 2.75) is 19.4 Å². The molecule has 1 aromatic carbocycles. The molecular weight excluding hydrogens is 322 g/mol. The minimum atomic E-state index is -0.414. The Hall–Kier alpha value is -3.42. The van der Waals surface area contributed by atoms with Gasteiger partial charge in [-0.05, 0) is 35.9 Å². The molecule has 0 spiro atoms. The number of nitrogens with zero attached hydrogens (tertiary/aromatic N) is 4. The quantitative estimate of drug-likeness (QED) is 0.578. The normalized spacial score (nSPS) is 16.0. The predicted octanol–water partition coefficient (Wildman–Crippen LogP) is 3.40. The van der Waals surface area contributed by atoms with Crippen LogP contribution in [0, 0.1) is 10.1 Å². The number of nitrogens with one attached hydrogen (secondary N) is 1. The highest BCUT2D eigenvalue weighted by Gasteiger charge is 2.26. The van der Waals surface area contributed by atoms with Gasteiger partial charge < -0.3 is 9.73 Å². The van der Waals surface area contributed by atoms with E-state index in [2.05, 4.69) is 15.4 Å². The van der Waals surface area contributed by atoms with E-state index in [1.54, 1.807) is 23.1 Å². The number of nitro groups is 1. The molecule has 0 saturated carbocycles. The Morgan fingerprint density at radius 2 is 2.12 bits per heavy atom. The molecule has 126 valence electrons. The molecule has 1 N–H and O–H groups in total. The zero-order chi connectivity index (χ0) is 17.4. The van der Waals surface area contributed by atoms with Gasteiger partial charge in [-0.1, -0.05) is 6.92 Å². The second-order valence-electron chi connectivity index (χ2n) is 5.62. The van der Waals surface area contributed by atoms with Gasteiger partial charge in [0.05, 0.1) is 11.2 Å². The van der Waals surface area contributed by atoms with Crippen molar-refractivity contribution >= 4 is 17.3 Å². The van der Waals surface area contributed by atoms with Crippen molar-refractivity contribution in [1.82, 2.24) is 14.8 Å². The summed E-state index contributed by atoms with van der Waals surface area (Å²) in [4.78, 5) is 14.9. The van der Waals surface area contributed by atoms with Gasteiger partial charge >= 0.3 is 0 Å². The third-order valence-electron chi connectivity index (χ3n) is 4.05. The number of non-ortho nitro benzene ring substituents is 1. The molecule has 1 aliphatic heterocycles. The van der Waals surface area contributed by atoms with Crippen LogP contribution in [0.3, 0.4) is 0 Å². The van der Waals surface area contributed by atoms with Gasteiger partial charge in [0.1, 0.15) is 11.8 Å². The number of aryl methyl sites for hydroxylation is 1. The lowest BCUT2D eigenvalue weighted by Gasteiger charge is -2.22. The fraction of sp³-hybridized carbons (Fsp3) is 0.176. The molecule has 0 amide bonds. The highest BCUT2D eigenvalue weighted by Crippen LogP contribution is 2.33. The topological polar surface area (TPSA) is 99.0 Å². The molecule has 8 nitrogen and oxygen atoms in total. The maximum absolute atomic E-state index is 10.8. The van der Waals surface area contributed by atoms with Crippen molar-refractivity contribution in [3.8, 4) is 0 Å². The largest absolute Gasteiger partial charge is 0.467 e. The van der Waals surface area contributed by atoms with E-state index in [-0.39, 0.29) is 11.7 Å². The molecule has 0 aliphatic carbocycles. The Morgan fingerprint density at radius 3 is 2.76 bits per heavy atom. The zero-order valence-electron chi connectivity index (χ0n) is 13.4. The minimum Gasteiger partial charge on any atom is -0.467 e. The third kappa shape index (κ3) is 2.67. The summed E-state index contributed by atoms with van der Waals surface area (Å²) < 4.78 is 7.34. The van der Waals surface area contributed by atoms with Crippen LogP contribution in [-0.2, 0) is 6.42 Å². The number of furan rings is 1. The van der Waals surface area contributed by atoms with Gasteiger partial charge in [0.25, 0.3) is 5.69 Å². The van der Waals surface area contributed by atoms with E-state index < -0.39 is 4.92 Å². The van der Waals surface area contributed by atoms with Gasteiger partial charge in [-0.2, -0.15) is 10.1 Å². The summed E-state index contributed by atoms with van der Waals surface area (Å²) in [5.74, 6) is 2.10. The van der Waals surface area contributed by atoms with E-state index in [1.807, 2.05) is 25.1 Å². The lowest BCUT2D eigenvalue weighted by Crippen LogP contribution is -2.19. The molecule has 1 aliphatic rings. The van der Waals surface area contributed by atoms with Gasteiger partial charge in [0.15, 0.2) is 5.82 Å². The summed E-state index contributed by atoms with van der Waals surface area (Å²) >= 11 is 0. The van der Waals surface area contributed by atoms with Crippen molar-refractivity contribution in [3.05, 3.63) is 76.0 Å². The Bertz CT molecular complexity index is 941. The van der Waals surface area contributed by atoms with Crippen molar-refractivity contribution in [3.63, 3.8) is 0 Å². The molecule has 2 aromatic heterocycles. The van der Waals surface area contributed by atoms with Crippen LogP contribution in [0.4, 0.5) is 11.6 Å². The molecule has 0 saturated heterocycles. The zero-order valence-corrected chi connectivity index (χ0v) is 13.4. The van der Waals surface area contributed by atoms with E-state index in [4.69, 9.17) is 4.42 Å². The first-order chi connectivity index (χ1) is 12.2. The molecule has 1 atom stereocenters. The number of allylic oxidation sites excluding steroid dienone is 1. The molecule has 3 aromatic rings. The van der Waals surface area contributed by atoms with Crippen LogP contribution in [0.1, 0.15) is 30.1 Å². The van der Waals surface area contributed by atoms with Crippen molar-refractivity contribution in [2.75, 3.05) is 5.32 Å². The van der Waals surface area contributed by atoms with E-state index >= 15 is 0 Å². The molecule has 8 heteroatoms. The van der Waals surface area contributed by atoms with Gasteiger partial charge in [-0.25, -0.2) is 4.68 Å². The summed E-state index contributed by atoms with van der Waals surface area (Å²) in [7, 11) is 0. The first-order valence-electron chi connectivity index (χ1n) is 7.88. The molecule has 25 heavy (non-hydrogen) atoms. The predicted molar refractivity (Wildman–Crippen MR) is 90.9 cm³/mol. The van der Waals surface area contributed by atoms with Crippen LogP contribution >= 0.6 is 0 Å². The number of benzene rings is 1. The van der Waals surface area contributed by atoms with Gasteiger partial charge in [0.2, 0.25) is 5.95 Å². The molecular formula is C17H15N5O3. The summed E-state index contributed by atoms with van der Waals surface area (Å²) in [6.45, 7) is 1.99. The van der Waals surface area contributed by atoms with Crippen molar-refractivity contribution < 1.29 is 9.34 Å². The van der Waals surface area contributed by atoms with Gasteiger partial charge in [-0.15, -0.1) is 0 Å². The van der Waals surface area contributed by atoms with Crippen LogP contribution in [0.5, 0.6) is 0 Å². The Balaban J connectivity index is 1.76. The maximum Gasteiger partial charge on any atom is 0.269 e.